The number of methoxy groups -OCH3 is 2. The van der Waals surface area contributed by atoms with Crippen LogP contribution in [0.2, 0.25) is 0 Å². The average Bonchev–Trinajstić information content (AvgIpc) is 3.78. The van der Waals surface area contributed by atoms with Crippen LogP contribution in [0.5, 0.6) is 0 Å². The summed E-state index contributed by atoms with van der Waals surface area (Å²) in [6, 6.07) is 8.13. The van der Waals surface area contributed by atoms with Crippen LogP contribution in [0.3, 0.4) is 0 Å². The van der Waals surface area contributed by atoms with Crippen LogP contribution >= 0.6 is 0 Å². The van der Waals surface area contributed by atoms with Gasteiger partial charge in [-0.1, -0.05) is 58.0 Å². The number of aliphatic hydroxyl groups excluding tert-OH is 2. The fraction of sp³-hybridized carbons (Fsp3) is 0.833. The summed E-state index contributed by atoms with van der Waals surface area (Å²) < 4.78 is 99.2. The van der Waals surface area contributed by atoms with E-state index in [4.69, 9.17) is 56.9 Å². The number of ether oxygens (including phenoxy) is 11. The van der Waals surface area contributed by atoms with Crippen LogP contribution in [0.15, 0.2) is 40.4 Å². The Morgan fingerprint density at radius 1 is 0.857 bits per heavy atom. The number of carbonyl (C=O) groups excluding carboxylic acids is 3. The molecule has 2 unspecified atom stereocenters. The van der Waals surface area contributed by atoms with Gasteiger partial charge in [-0.15, -0.1) is 0 Å². The van der Waals surface area contributed by atoms with E-state index in [1.807, 2.05) is 41.5 Å². The maximum absolute atomic E-state index is 15.5. The summed E-state index contributed by atoms with van der Waals surface area (Å²) in [6.45, 7) is 25.2. The molecule has 4 N–H and O–H groups in total. The molecule has 0 aromatic heterocycles. The van der Waals surface area contributed by atoms with E-state index in [0.717, 1.165) is 12.8 Å². The van der Waals surface area contributed by atoms with Crippen molar-refractivity contribution in [3.05, 3.63) is 30.3 Å². The number of nitrogens with one attached hydrogen (secondary N) is 2. The van der Waals surface area contributed by atoms with Crippen molar-refractivity contribution in [1.82, 2.24) is 14.9 Å². The minimum atomic E-state index is -3.97. The maximum Gasteiger partial charge on any atom is 0.408 e. The Balaban J connectivity index is 1.41. The van der Waals surface area contributed by atoms with E-state index in [9.17, 15) is 23.4 Å². The second-order valence-corrected chi connectivity index (χ2v) is 27.1. The quantitative estimate of drug-likeness (QED) is 0.101. The highest BCUT2D eigenvalue weighted by Gasteiger charge is 2.51. The number of sulfonamides is 1. The Kier molecular flexibility index (Phi) is 25.4. The van der Waals surface area contributed by atoms with Gasteiger partial charge in [0.15, 0.2) is 30.3 Å². The number of cyclic esters (lactones) is 1. The molecule has 23 nitrogen and oxygen atoms in total. The number of aliphatic hydroxyl groups is 2. The topological polar surface area (TPSA) is 276 Å². The van der Waals surface area contributed by atoms with Gasteiger partial charge in [-0.25, -0.2) is 17.9 Å². The van der Waals surface area contributed by atoms with Gasteiger partial charge in [-0.05, 0) is 105 Å². The van der Waals surface area contributed by atoms with Crippen molar-refractivity contribution in [2.24, 2.45) is 40.7 Å². The fourth-order valence-corrected chi connectivity index (χ4v) is 14.2. The van der Waals surface area contributed by atoms with E-state index in [1.54, 1.807) is 59.7 Å². The molecule has 1 aromatic rings. The number of hydrogen-bond donors (Lipinski definition) is 4. The van der Waals surface area contributed by atoms with Crippen molar-refractivity contribution in [3.8, 4) is 0 Å². The first-order valence-electron chi connectivity index (χ1n) is 30.1. The van der Waals surface area contributed by atoms with Crippen LogP contribution in [0.25, 0.3) is 0 Å². The van der Waals surface area contributed by atoms with Crippen molar-refractivity contribution in [2.75, 3.05) is 54.2 Å². The van der Waals surface area contributed by atoms with E-state index in [-0.39, 0.29) is 61.2 Å². The number of esters is 1. The lowest BCUT2D eigenvalue weighted by Crippen LogP contribution is -2.59. The molecule has 0 bridgehead atoms. The lowest BCUT2D eigenvalue weighted by atomic mass is 9.75. The molecule has 1 aromatic carbocycles. The Morgan fingerprint density at radius 3 is 2.17 bits per heavy atom. The summed E-state index contributed by atoms with van der Waals surface area (Å²) in [5.74, 6) is -5.45. The second-order valence-electron chi connectivity index (χ2n) is 25.3. The van der Waals surface area contributed by atoms with Crippen LogP contribution < -0.4 is 10.0 Å². The molecule has 0 radical (unpaired) electrons. The molecular weight excluding hydrogens is 1110 g/mol. The molecule has 5 saturated heterocycles. The van der Waals surface area contributed by atoms with Gasteiger partial charge in [0.2, 0.25) is 10.0 Å². The summed E-state index contributed by atoms with van der Waals surface area (Å²) in [5, 5.41) is 29.7. The number of alkyl carbamates (subject to hydrolysis) is 1. The first-order valence-corrected chi connectivity index (χ1v) is 31.6. The molecule has 5 heterocycles. The number of rotatable bonds is 18. The van der Waals surface area contributed by atoms with Crippen molar-refractivity contribution in [1.29, 1.82) is 0 Å². The van der Waals surface area contributed by atoms with Crippen LogP contribution in [0, 0.1) is 35.5 Å². The zero-order valence-electron chi connectivity index (χ0n) is 52.4. The standard InChI is InChI=1S/C60H100N4O19S/c1-33-26-34(2)54(67)60(13,83-58(69)62-59(11,12)32-61-84(70,71)44-20-18-17-19-21-44)29-35(3)50(82-56-48(66)45(63-74-16)28-38(6)78-56)40(8)51(80-46-27-37(5)64(30-39(7)77-46)43-22-24-75-25-23-43)41(9)55(68)81-49(33)36(4)31-76-57-53(73-15)52(72-14)47(65)42(10)79-57/h17-21,33-43,46-53,56-57,61,65-66H,22-32H2,1-16H3,(H,62,69)/t33-,34+,35-,36?,37?,38+,39-,40+,41+,42+,46-,47+,48+,49+,50-,51-,52+,53+,56-,57+,60-/m0/s1. The van der Waals surface area contributed by atoms with Crippen LogP contribution in [-0.4, -0.2) is 204 Å². The first-order chi connectivity index (χ1) is 39.5. The summed E-state index contributed by atoms with van der Waals surface area (Å²) in [6.07, 6.45) is -9.98. The number of Topliss-reactive ketones (excluding diaryl/α,β-unsaturated/α-hetero) is 1. The number of ketones is 1. The van der Waals surface area contributed by atoms with Gasteiger partial charge in [0.05, 0.1) is 59.2 Å². The van der Waals surface area contributed by atoms with E-state index >= 15 is 9.59 Å². The summed E-state index contributed by atoms with van der Waals surface area (Å²) >= 11 is 0. The number of amides is 1. The number of hydrogen-bond acceptors (Lipinski definition) is 21. The van der Waals surface area contributed by atoms with Gasteiger partial charge < -0.3 is 72.5 Å². The summed E-state index contributed by atoms with van der Waals surface area (Å²) in [5.41, 5.74) is -2.84. The lowest BCUT2D eigenvalue weighted by Gasteiger charge is -2.44. The smallest absolute Gasteiger partial charge is 0.408 e. The van der Waals surface area contributed by atoms with E-state index in [0.29, 0.717) is 26.2 Å². The van der Waals surface area contributed by atoms with Crippen LogP contribution in [-0.2, 0) is 76.6 Å². The highest BCUT2D eigenvalue weighted by Crippen LogP contribution is 2.40. The molecule has 1 amide bonds. The van der Waals surface area contributed by atoms with E-state index in [2.05, 4.69) is 27.0 Å². The fourth-order valence-electron chi connectivity index (χ4n) is 13.0. The lowest BCUT2D eigenvalue weighted by molar-refractivity contribution is -0.305. The Hall–Kier alpha value is -3.47. The monoisotopic (exact) mass is 1210 g/mol. The molecule has 0 spiro atoms. The van der Waals surface area contributed by atoms with Gasteiger partial charge in [-0.3, -0.25) is 14.5 Å². The largest absolute Gasteiger partial charge is 0.461 e. The maximum atomic E-state index is 15.5. The predicted octanol–water partition coefficient (Wildman–Crippen LogP) is 5.75. The SMILES string of the molecule is CON=C1C[C@@H](C)O[C@@H](O[C@@H]2[C@@H](C)[C@H](O[C@H]3CC(C)N(C4CCOCC4)C[C@H](C)O3)[C@@H](C)C(=O)O[C@@H](C(C)CO[C@@H]3O[C@H](C)[C@@H](O)[C@@H](OC)[C@H]3OC)[C@@H](C)C[C@@H](C)C(=O)[C@@](C)(OC(=O)NC(C)(C)CNS(=O)(=O)c3ccccc3)C[C@@H]2C)[C@@H]1O. The normalized spacial score (nSPS) is 38.7. The van der Waals surface area contributed by atoms with Gasteiger partial charge >= 0.3 is 12.1 Å². The third-order valence-corrected chi connectivity index (χ3v) is 18.9. The molecule has 5 aliphatic heterocycles. The molecule has 0 aliphatic carbocycles. The highest BCUT2D eigenvalue weighted by atomic mass is 32.2. The zero-order chi connectivity index (χ0) is 62.0. The van der Waals surface area contributed by atoms with Gasteiger partial charge in [0, 0.05) is 83.2 Å². The summed E-state index contributed by atoms with van der Waals surface area (Å²) in [7, 11) is 0.350. The average molecular weight is 1210 g/mol. The number of nitrogens with zero attached hydrogens (tertiary/aromatic N) is 2. The molecule has 5 fully saturated rings. The minimum absolute atomic E-state index is 0.00392. The summed E-state index contributed by atoms with van der Waals surface area (Å²) in [4.78, 5) is 52.9. The zero-order valence-corrected chi connectivity index (χ0v) is 53.2. The van der Waals surface area contributed by atoms with Crippen molar-refractivity contribution in [2.45, 2.75) is 237 Å². The number of oxime groups is 1. The molecule has 5 aliphatic rings. The third kappa shape index (κ3) is 17.9. The van der Waals surface area contributed by atoms with E-state index < -0.39 is 148 Å². The molecular formula is C60H100N4O19S. The molecule has 24 heteroatoms. The molecule has 480 valence electrons. The molecule has 21 atom stereocenters. The molecule has 0 saturated carbocycles. The molecule has 6 rings (SSSR count). The van der Waals surface area contributed by atoms with Crippen LogP contribution in [0.4, 0.5) is 4.79 Å². The number of carbonyl (C=O) groups is 3. The number of benzene rings is 1. The van der Waals surface area contributed by atoms with Crippen molar-refractivity contribution in [3.63, 3.8) is 0 Å². The van der Waals surface area contributed by atoms with Gasteiger partial charge in [-0.2, -0.15) is 0 Å². The third-order valence-electron chi connectivity index (χ3n) is 17.5. The molecule has 84 heavy (non-hydrogen) atoms. The van der Waals surface area contributed by atoms with Gasteiger partial charge in [0.1, 0.15) is 37.6 Å². The van der Waals surface area contributed by atoms with E-state index in [1.165, 1.54) is 33.5 Å². The first kappa shape index (κ1) is 69.6. The Labute approximate surface area is 498 Å². The Morgan fingerprint density at radius 2 is 1.52 bits per heavy atom. The second kappa shape index (κ2) is 30.6. The van der Waals surface area contributed by atoms with Crippen molar-refractivity contribution < 1.29 is 90.0 Å². The minimum Gasteiger partial charge on any atom is -0.461 e. The predicted molar refractivity (Wildman–Crippen MR) is 309 cm³/mol. The Bertz CT molecular complexity index is 2400. The van der Waals surface area contributed by atoms with Gasteiger partial charge in [0.25, 0.3) is 0 Å². The van der Waals surface area contributed by atoms with Crippen molar-refractivity contribution >= 4 is 33.6 Å². The highest BCUT2D eigenvalue weighted by molar-refractivity contribution is 7.89. The van der Waals surface area contributed by atoms with Crippen LogP contribution in [0.1, 0.15) is 129 Å².